The summed E-state index contributed by atoms with van der Waals surface area (Å²) >= 11 is 0. The van der Waals surface area contributed by atoms with Gasteiger partial charge >= 0.3 is 0 Å². The van der Waals surface area contributed by atoms with E-state index < -0.39 is 0 Å². The van der Waals surface area contributed by atoms with Crippen LogP contribution in [-0.2, 0) is 12.8 Å². The number of aromatic nitrogens is 4. The van der Waals surface area contributed by atoms with Crippen LogP contribution in [0.4, 0.5) is 11.4 Å². The molecule has 0 bridgehead atoms. The lowest BCUT2D eigenvalue weighted by atomic mass is 9.76. The van der Waals surface area contributed by atoms with Crippen molar-refractivity contribution >= 4 is 22.3 Å². The van der Waals surface area contributed by atoms with Crippen LogP contribution in [0.2, 0.25) is 0 Å². The third-order valence-corrected chi connectivity index (χ3v) is 5.58. The molecule has 136 valence electrons. The van der Waals surface area contributed by atoms with Crippen LogP contribution in [0.25, 0.3) is 22.2 Å². The fourth-order valence-electron chi connectivity index (χ4n) is 4.09. The van der Waals surface area contributed by atoms with Gasteiger partial charge in [0.25, 0.3) is 0 Å². The maximum absolute atomic E-state index is 4.17. The monoisotopic (exact) mass is 357 g/mol. The first-order chi connectivity index (χ1) is 13.1. The Kier molecular flexibility index (Phi) is 3.57. The SMILES string of the molecule is CC1(C)CCc2c([nH]c(-c3ccncc3)c2Nc2ccc3[nH]ncc3c2)C1. The molecule has 0 aliphatic heterocycles. The Labute approximate surface area is 158 Å². The lowest BCUT2D eigenvalue weighted by molar-refractivity contribution is 0.313. The van der Waals surface area contributed by atoms with E-state index in [9.17, 15) is 0 Å². The number of nitrogens with one attached hydrogen (secondary N) is 3. The normalized spacial score (nSPS) is 15.6. The third-order valence-electron chi connectivity index (χ3n) is 5.58. The zero-order chi connectivity index (χ0) is 18.4. The summed E-state index contributed by atoms with van der Waals surface area (Å²) in [5.41, 5.74) is 8.71. The van der Waals surface area contributed by atoms with Gasteiger partial charge in [0.15, 0.2) is 0 Å². The van der Waals surface area contributed by atoms with E-state index in [0.29, 0.717) is 5.41 Å². The minimum Gasteiger partial charge on any atom is -0.356 e. The van der Waals surface area contributed by atoms with Crippen LogP contribution in [0.1, 0.15) is 31.5 Å². The van der Waals surface area contributed by atoms with Crippen LogP contribution in [0.15, 0.2) is 48.9 Å². The van der Waals surface area contributed by atoms with Crippen LogP contribution in [0.3, 0.4) is 0 Å². The molecular formula is C22H23N5. The Bertz CT molecular complexity index is 1100. The molecule has 3 N–H and O–H groups in total. The van der Waals surface area contributed by atoms with Crippen molar-refractivity contribution in [3.8, 4) is 11.3 Å². The Hall–Kier alpha value is -3.08. The highest BCUT2D eigenvalue weighted by atomic mass is 15.1. The predicted molar refractivity (Wildman–Crippen MR) is 109 cm³/mol. The fourth-order valence-corrected chi connectivity index (χ4v) is 4.09. The number of rotatable bonds is 3. The molecule has 3 heterocycles. The van der Waals surface area contributed by atoms with Crippen LogP contribution >= 0.6 is 0 Å². The number of nitrogens with zero attached hydrogens (tertiary/aromatic N) is 2. The fraction of sp³-hybridized carbons (Fsp3) is 0.273. The van der Waals surface area contributed by atoms with Gasteiger partial charge in [0, 0.05) is 34.7 Å². The van der Waals surface area contributed by atoms with Crippen molar-refractivity contribution in [2.75, 3.05) is 5.32 Å². The number of benzene rings is 1. The van der Waals surface area contributed by atoms with E-state index in [1.54, 1.807) is 0 Å². The predicted octanol–water partition coefficient (Wildman–Crippen LogP) is 5.21. The highest BCUT2D eigenvalue weighted by Crippen LogP contribution is 2.43. The average molecular weight is 357 g/mol. The van der Waals surface area contributed by atoms with E-state index in [4.69, 9.17) is 0 Å². The number of anilines is 2. The molecule has 0 atom stereocenters. The van der Waals surface area contributed by atoms with Crippen molar-refractivity contribution in [1.29, 1.82) is 0 Å². The second kappa shape index (κ2) is 5.98. The minimum atomic E-state index is 0.334. The van der Waals surface area contributed by atoms with Crippen molar-refractivity contribution in [2.45, 2.75) is 33.1 Å². The van der Waals surface area contributed by atoms with Gasteiger partial charge in [-0.1, -0.05) is 13.8 Å². The number of H-pyrrole nitrogens is 2. The number of hydrogen-bond donors (Lipinski definition) is 3. The highest BCUT2D eigenvalue weighted by molar-refractivity contribution is 5.87. The molecule has 0 radical (unpaired) electrons. The van der Waals surface area contributed by atoms with E-state index in [2.05, 4.69) is 69.7 Å². The highest BCUT2D eigenvalue weighted by Gasteiger charge is 2.30. The van der Waals surface area contributed by atoms with Gasteiger partial charge in [-0.3, -0.25) is 10.1 Å². The largest absolute Gasteiger partial charge is 0.356 e. The minimum absolute atomic E-state index is 0.334. The molecule has 5 rings (SSSR count). The number of fused-ring (bicyclic) bond motifs is 2. The summed E-state index contributed by atoms with van der Waals surface area (Å²) in [7, 11) is 0. The summed E-state index contributed by atoms with van der Waals surface area (Å²) in [6.07, 6.45) is 8.91. The molecule has 0 amide bonds. The molecular weight excluding hydrogens is 334 g/mol. The molecule has 0 unspecified atom stereocenters. The molecule has 0 saturated heterocycles. The Balaban J connectivity index is 1.62. The van der Waals surface area contributed by atoms with Crippen LogP contribution in [0, 0.1) is 5.41 Å². The maximum Gasteiger partial charge on any atom is 0.0699 e. The number of pyridine rings is 1. The van der Waals surface area contributed by atoms with Gasteiger partial charge in [0.2, 0.25) is 0 Å². The molecule has 0 fully saturated rings. The van der Waals surface area contributed by atoms with Crippen molar-refractivity contribution in [3.05, 3.63) is 60.2 Å². The molecule has 5 nitrogen and oxygen atoms in total. The second-order valence-electron chi connectivity index (χ2n) is 8.21. The third kappa shape index (κ3) is 2.89. The topological polar surface area (TPSA) is 69.4 Å². The first-order valence-corrected chi connectivity index (χ1v) is 9.43. The van der Waals surface area contributed by atoms with Crippen molar-refractivity contribution < 1.29 is 0 Å². The van der Waals surface area contributed by atoms with E-state index in [0.717, 1.165) is 40.7 Å². The smallest absolute Gasteiger partial charge is 0.0699 e. The van der Waals surface area contributed by atoms with E-state index in [1.165, 1.54) is 23.4 Å². The Morgan fingerprint density at radius 2 is 1.96 bits per heavy atom. The van der Waals surface area contributed by atoms with E-state index in [-0.39, 0.29) is 0 Å². The van der Waals surface area contributed by atoms with E-state index in [1.807, 2.05) is 18.6 Å². The summed E-state index contributed by atoms with van der Waals surface area (Å²) in [5.74, 6) is 0. The zero-order valence-electron chi connectivity index (χ0n) is 15.6. The molecule has 1 aliphatic carbocycles. The summed E-state index contributed by atoms with van der Waals surface area (Å²) < 4.78 is 0. The summed E-state index contributed by atoms with van der Waals surface area (Å²) in [5, 5.41) is 11.9. The molecule has 3 aromatic heterocycles. The summed E-state index contributed by atoms with van der Waals surface area (Å²) in [6.45, 7) is 4.70. The van der Waals surface area contributed by atoms with Gasteiger partial charge in [-0.15, -0.1) is 0 Å². The zero-order valence-corrected chi connectivity index (χ0v) is 15.6. The lowest BCUT2D eigenvalue weighted by Gasteiger charge is -2.29. The van der Waals surface area contributed by atoms with Crippen LogP contribution in [-0.4, -0.2) is 20.2 Å². The van der Waals surface area contributed by atoms with Crippen molar-refractivity contribution in [1.82, 2.24) is 20.2 Å². The van der Waals surface area contributed by atoms with E-state index >= 15 is 0 Å². The molecule has 1 aliphatic rings. The van der Waals surface area contributed by atoms with Gasteiger partial charge in [0.05, 0.1) is 23.1 Å². The van der Waals surface area contributed by atoms with Gasteiger partial charge < -0.3 is 10.3 Å². The van der Waals surface area contributed by atoms with Crippen molar-refractivity contribution in [2.24, 2.45) is 5.41 Å². The summed E-state index contributed by atoms with van der Waals surface area (Å²) in [6, 6.07) is 10.4. The molecule has 27 heavy (non-hydrogen) atoms. The Morgan fingerprint density at radius 1 is 1.11 bits per heavy atom. The molecule has 0 saturated carbocycles. The van der Waals surface area contributed by atoms with Gasteiger partial charge in [-0.2, -0.15) is 5.10 Å². The molecule has 5 heteroatoms. The molecule has 1 aromatic carbocycles. The molecule has 4 aromatic rings. The first-order valence-electron chi connectivity index (χ1n) is 9.43. The molecule has 0 spiro atoms. The van der Waals surface area contributed by atoms with Gasteiger partial charge in [0.1, 0.15) is 0 Å². The standard InChI is InChI=1S/C22H23N5/c1-22(2)8-5-17-19(12-22)26-20(14-6-9-23-10-7-14)21(17)25-16-3-4-18-15(11-16)13-24-27-18/h3-4,6-7,9-11,13,25-26H,5,8,12H2,1-2H3,(H,24,27). The average Bonchev–Trinajstić information content (AvgIpc) is 3.26. The summed E-state index contributed by atoms with van der Waals surface area (Å²) in [4.78, 5) is 7.89. The Morgan fingerprint density at radius 3 is 2.81 bits per heavy atom. The lowest BCUT2D eigenvalue weighted by Crippen LogP contribution is -2.22. The number of aromatic amines is 2. The quantitative estimate of drug-likeness (QED) is 0.471. The number of hydrogen-bond acceptors (Lipinski definition) is 3. The second-order valence-corrected chi connectivity index (χ2v) is 8.21. The van der Waals surface area contributed by atoms with Crippen molar-refractivity contribution in [3.63, 3.8) is 0 Å². The first kappa shape index (κ1) is 16.1. The maximum atomic E-state index is 4.17. The van der Waals surface area contributed by atoms with Crippen LogP contribution in [0.5, 0.6) is 0 Å². The van der Waals surface area contributed by atoms with Gasteiger partial charge in [-0.05, 0) is 60.6 Å². The van der Waals surface area contributed by atoms with Gasteiger partial charge in [-0.25, -0.2) is 0 Å². The van der Waals surface area contributed by atoms with Crippen LogP contribution < -0.4 is 5.32 Å².